The van der Waals surface area contributed by atoms with Crippen LogP contribution in [-0.4, -0.2) is 61.6 Å². The molecule has 0 spiro atoms. The number of carbonyl (C=O) groups excluding carboxylic acids is 1. The lowest BCUT2D eigenvalue weighted by atomic mass is 10.2. The van der Waals surface area contributed by atoms with Gasteiger partial charge in [-0.15, -0.1) is 0 Å². The largest absolute Gasteiger partial charge is 0.373 e. The zero-order valence-electron chi connectivity index (χ0n) is 20.3. The molecular weight excluding hydrogens is 458 g/mol. The Labute approximate surface area is 207 Å². The summed E-state index contributed by atoms with van der Waals surface area (Å²) in [6.45, 7) is 6.77. The molecule has 3 N–H and O–H groups in total. The van der Waals surface area contributed by atoms with Crippen molar-refractivity contribution in [2.24, 2.45) is 0 Å². The molecule has 0 unspecified atom stereocenters. The highest BCUT2D eigenvalue weighted by atomic mass is 16.2. The Morgan fingerprint density at radius 1 is 1.19 bits per heavy atom. The number of aryl methyl sites for hydroxylation is 1. The summed E-state index contributed by atoms with van der Waals surface area (Å²) in [4.78, 5) is 36.3. The molecule has 4 aromatic rings. The fourth-order valence-corrected chi connectivity index (χ4v) is 4.17. The van der Waals surface area contributed by atoms with Crippen LogP contribution in [0.25, 0.3) is 17.2 Å². The van der Waals surface area contributed by atoms with Gasteiger partial charge in [-0.3, -0.25) is 14.2 Å². The van der Waals surface area contributed by atoms with Gasteiger partial charge in [-0.2, -0.15) is 9.61 Å². The molecule has 4 aromatic heterocycles. The van der Waals surface area contributed by atoms with Crippen LogP contribution in [0.15, 0.2) is 60.3 Å². The molecule has 1 saturated heterocycles. The van der Waals surface area contributed by atoms with E-state index in [0.717, 1.165) is 5.56 Å². The summed E-state index contributed by atoms with van der Waals surface area (Å²) in [7, 11) is 3.56. The van der Waals surface area contributed by atoms with Gasteiger partial charge in [-0.05, 0) is 37.1 Å². The van der Waals surface area contributed by atoms with E-state index in [4.69, 9.17) is 4.98 Å². The molecule has 184 valence electrons. The van der Waals surface area contributed by atoms with Crippen molar-refractivity contribution in [2.45, 2.75) is 19.4 Å². The summed E-state index contributed by atoms with van der Waals surface area (Å²) in [5.41, 5.74) is 2.83. The summed E-state index contributed by atoms with van der Waals surface area (Å²) in [6.07, 6.45) is 5.75. The number of aromatic nitrogens is 5. The van der Waals surface area contributed by atoms with Gasteiger partial charge in [0.25, 0.3) is 5.56 Å². The van der Waals surface area contributed by atoms with Gasteiger partial charge in [0.05, 0.1) is 11.8 Å². The molecule has 11 nitrogen and oxygen atoms in total. The number of nitrogens with one attached hydrogen (secondary N) is 3. The molecule has 0 radical (unpaired) electrons. The molecule has 1 aliphatic rings. The molecule has 36 heavy (non-hydrogen) atoms. The molecule has 5 rings (SSSR count). The first-order chi connectivity index (χ1) is 17.4. The van der Waals surface area contributed by atoms with Crippen LogP contribution >= 0.6 is 0 Å². The Hall–Kier alpha value is -4.67. The Balaban J connectivity index is 1.48. The second-order valence-corrected chi connectivity index (χ2v) is 8.71. The van der Waals surface area contributed by atoms with Gasteiger partial charge in [0, 0.05) is 44.8 Å². The number of rotatable bonds is 7. The van der Waals surface area contributed by atoms with Crippen molar-refractivity contribution in [1.82, 2.24) is 34.4 Å². The zero-order chi connectivity index (χ0) is 25.4. The van der Waals surface area contributed by atoms with Crippen LogP contribution in [0, 0.1) is 6.92 Å². The van der Waals surface area contributed by atoms with Crippen LogP contribution in [0.3, 0.4) is 0 Å². The Kier molecular flexibility index (Phi) is 5.88. The average Bonchev–Trinajstić information content (AvgIpc) is 3.44. The van der Waals surface area contributed by atoms with Gasteiger partial charge in [-0.25, -0.2) is 9.97 Å². The number of fused-ring (bicyclic) bond motifs is 1. The van der Waals surface area contributed by atoms with Gasteiger partial charge in [0.1, 0.15) is 29.2 Å². The van der Waals surface area contributed by atoms with Crippen molar-refractivity contribution >= 4 is 34.6 Å². The van der Waals surface area contributed by atoms with Gasteiger partial charge < -0.3 is 20.9 Å². The van der Waals surface area contributed by atoms with E-state index in [9.17, 15) is 9.59 Å². The van der Waals surface area contributed by atoms with Crippen molar-refractivity contribution in [2.75, 3.05) is 31.3 Å². The Morgan fingerprint density at radius 2 is 2.03 bits per heavy atom. The van der Waals surface area contributed by atoms with E-state index < -0.39 is 0 Å². The van der Waals surface area contributed by atoms with Gasteiger partial charge in [0.2, 0.25) is 5.91 Å². The van der Waals surface area contributed by atoms with E-state index in [-0.39, 0.29) is 17.5 Å². The first kappa shape index (κ1) is 23.1. The number of hydrogen-bond acceptors (Lipinski definition) is 8. The highest BCUT2D eigenvalue weighted by Crippen LogP contribution is 2.24. The normalized spacial score (nSPS) is 15.4. The van der Waals surface area contributed by atoms with Crippen molar-refractivity contribution in [1.29, 1.82) is 0 Å². The third-order valence-corrected chi connectivity index (χ3v) is 6.18. The maximum atomic E-state index is 13.2. The average molecular weight is 486 g/mol. The second-order valence-electron chi connectivity index (χ2n) is 8.71. The molecule has 1 atom stereocenters. The Morgan fingerprint density at radius 3 is 2.72 bits per heavy atom. The lowest BCUT2D eigenvalue weighted by Crippen LogP contribution is -2.35. The number of pyridine rings is 2. The van der Waals surface area contributed by atoms with Crippen LogP contribution in [0.1, 0.15) is 17.5 Å². The summed E-state index contributed by atoms with van der Waals surface area (Å²) < 4.78 is 3.13. The van der Waals surface area contributed by atoms with Crippen LogP contribution in [0.5, 0.6) is 0 Å². The minimum absolute atomic E-state index is 0.0299. The number of anilines is 3. The second kappa shape index (κ2) is 9.17. The van der Waals surface area contributed by atoms with Crippen LogP contribution in [-0.2, 0) is 4.79 Å². The lowest BCUT2D eigenvalue weighted by Gasteiger charge is -2.15. The zero-order valence-corrected chi connectivity index (χ0v) is 20.3. The minimum atomic E-state index is -0.333. The third-order valence-electron chi connectivity index (χ3n) is 6.18. The van der Waals surface area contributed by atoms with Crippen molar-refractivity contribution in [3.05, 3.63) is 77.0 Å². The molecular formula is C25H27N9O2. The van der Waals surface area contributed by atoms with Gasteiger partial charge >= 0.3 is 0 Å². The number of amides is 1. The van der Waals surface area contributed by atoms with Crippen molar-refractivity contribution in [3.63, 3.8) is 0 Å². The highest BCUT2D eigenvalue weighted by Gasteiger charge is 2.29. The highest BCUT2D eigenvalue weighted by molar-refractivity contribution is 5.86. The summed E-state index contributed by atoms with van der Waals surface area (Å²) in [5.74, 6) is 1.67. The molecule has 1 amide bonds. The van der Waals surface area contributed by atoms with Crippen LogP contribution in [0.4, 0.5) is 17.3 Å². The Bertz CT molecular complexity index is 1520. The maximum absolute atomic E-state index is 13.2. The molecule has 0 saturated carbocycles. The SMILES string of the molecule is C=C(N[C@@H]1CCN(C)C1=O)c1cnn2c(NC)cc(Nc3cccn(-c4ccc(C)cn4)c3=O)nc12. The van der Waals surface area contributed by atoms with Gasteiger partial charge in [-0.1, -0.05) is 12.6 Å². The minimum Gasteiger partial charge on any atom is -0.373 e. The first-order valence-electron chi connectivity index (χ1n) is 11.5. The van der Waals surface area contributed by atoms with E-state index in [2.05, 4.69) is 32.6 Å². The van der Waals surface area contributed by atoms with Gasteiger partial charge in [0.15, 0.2) is 5.65 Å². The van der Waals surface area contributed by atoms with Crippen LogP contribution < -0.4 is 21.5 Å². The van der Waals surface area contributed by atoms with E-state index in [1.807, 2.05) is 13.0 Å². The quantitative estimate of drug-likeness (QED) is 0.364. The van der Waals surface area contributed by atoms with E-state index in [1.54, 1.807) is 66.4 Å². The number of likely N-dealkylation sites (N-methyl/N-ethyl adjacent to an activating group) is 1. The molecule has 5 heterocycles. The third kappa shape index (κ3) is 4.15. The van der Waals surface area contributed by atoms with E-state index >= 15 is 0 Å². The standard InChI is InChI=1S/C25H27N9O2/c1-15-7-8-21(27-13-15)33-10-5-6-18(25(33)36)30-20-12-22(26-3)34-23(31-20)17(14-28-34)16(2)29-19-9-11-32(4)24(19)35/h5-8,10,12-14,19,26,29H,2,9,11H2,1,3-4H3,(H,30,31)/t19-/m1/s1. The molecule has 0 bridgehead atoms. The van der Waals surface area contributed by atoms with Crippen molar-refractivity contribution in [3.8, 4) is 5.82 Å². The fourth-order valence-electron chi connectivity index (χ4n) is 4.17. The molecule has 1 fully saturated rings. The molecule has 0 aliphatic carbocycles. The molecule has 1 aliphatic heterocycles. The smallest absolute Gasteiger partial charge is 0.279 e. The first-order valence-corrected chi connectivity index (χ1v) is 11.5. The maximum Gasteiger partial charge on any atom is 0.279 e. The van der Waals surface area contributed by atoms with E-state index in [1.165, 1.54) is 4.57 Å². The topological polar surface area (TPSA) is 121 Å². The number of carbonyl (C=O) groups is 1. The lowest BCUT2D eigenvalue weighted by molar-refractivity contribution is -0.128. The van der Waals surface area contributed by atoms with Crippen molar-refractivity contribution < 1.29 is 4.79 Å². The number of nitrogens with zero attached hydrogens (tertiary/aromatic N) is 6. The van der Waals surface area contributed by atoms with E-state index in [0.29, 0.717) is 53.0 Å². The summed E-state index contributed by atoms with van der Waals surface area (Å²) >= 11 is 0. The molecule has 0 aromatic carbocycles. The molecule has 11 heteroatoms. The predicted octanol–water partition coefficient (Wildman–Crippen LogP) is 2.16. The van der Waals surface area contributed by atoms with Crippen LogP contribution in [0.2, 0.25) is 0 Å². The monoisotopic (exact) mass is 485 g/mol. The number of likely N-dealkylation sites (tertiary alicyclic amines) is 1. The fraction of sp³-hybridized carbons (Fsp3) is 0.240. The summed E-state index contributed by atoms with van der Waals surface area (Å²) in [5, 5.41) is 13.9. The summed E-state index contributed by atoms with van der Waals surface area (Å²) in [6, 6.07) is 8.60. The number of hydrogen-bond donors (Lipinski definition) is 3. The predicted molar refractivity (Wildman–Crippen MR) is 139 cm³/mol.